The lowest BCUT2D eigenvalue weighted by atomic mass is 9.96. The molecule has 3 nitrogen and oxygen atoms in total. The summed E-state index contributed by atoms with van der Waals surface area (Å²) in [4.78, 5) is 13.7. The molecule has 0 unspecified atom stereocenters. The first kappa shape index (κ1) is 17.8. The predicted octanol–water partition coefficient (Wildman–Crippen LogP) is 4.98. The first-order chi connectivity index (χ1) is 11.7. The van der Waals surface area contributed by atoms with Crippen LogP contribution in [0.4, 0.5) is 0 Å². The van der Waals surface area contributed by atoms with Crippen molar-refractivity contribution in [3.63, 3.8) is 0 Å². The van der Waals surface area contributed by atoms with Gasteiger partial charge in [-0.25, -0.2) is 0 Å². The van der Waals surface area contributed by atoms with E-state index in [2.05, 4.69) is 12.1 Å². The van der Waals surface area contributed by atoms with E-state index in [0.717, 1.165) is 30.8 Å². The molecule has 0 aliphatic carbocycles. The van der Waals surface area contributed by atoms with Crippen LogP contribution in [-0.2, 0) is 14.3 Å². The third-order valence-corrected chi connectivity index (χ3v) is 6.30. The second-order valence-electron chi connectivity index (χ2n) is 7.09. The first-order valence-electron chi connectivity index (χ1n) is 9.25. The average Bonchev–Trinajstić information content (AvgIpc) is 3.34. The number of benzene rings is 1. The minimum absolute atomic E-state index is 0.0188. The third-order valence-electron chi connectivity index (χ3n) is 4.86. The van der Waals surface area contributed by atoms with Gasteiger partial charge in [-0.05, 0) is 31.9 Å². The summed E-state index contributed by atoms with van der Waals surface area (Å²) in [5.74, 6) is -0.0188. The normalized spacial score (nSPS) is 28.8. The Kier molecular flexibility index (Phi) is 6.23. The Morgan fingerprint density at radius 1 is 1.12 bits per heavy atom. The molecule has 3 atom stereocenters. The summed E-state index contributed by atoms with van der Waals surface area (Å²) in [6.07, 6.45) is 9.66. The van der Waals surface area contributed by atoms with E-state index in [1.165, 1.54) is 32.1 Å². The SMILES string of the molecule is C[C@H]1C[C@](CCCCCCC[C@@H]2CO2)(Sc2ccccc2)C(=O)O1. The van der Waals surface area contributed by atoms with E-state index in [-0.39, 0.29) is 16.8 Å². The molecule has 0 amide bonds. The molecule has 0 radical (unpaired) electrons. The summed E-state index contributed by atoms with van der Waals surface area (Å²) in [5, 5.41) is 0. The highest BCUT2D eigenvalue weighted by atomic mass is 32.2. The maximum Gasteiger partial charge on any atom is 0.322 e. The highest BCUT2D eigenvalue weighted by Crippen LogP contribution is 2.45. The van der Waals surface area contributed by atoms with Gasteiger partial charge in [0.05, 0.1) is 12.7 Å². The number of unbranched alkanes of at least 4 members (excludes halogenated alkanes) is 4. The van der Waals surface area contributed by atoms with Crippen molar-refractivity contribution < 1.29 is 14.3 Å². The van der Waals surface area contributed by atoms with Crippen LogP contribution >= 0.6 is 11.8 Å². The number of thioether (sulfide) groups is 1. The summed E-state index contributed by atoms with van der Waals surface area (Å²) in [5.41, 5.74) is 0. The number of ether oxygens (including phenoxy) is 2. The second kappa shape index (κ2) is 8.39. The molecule has 3 rings (SSSR count). The van der Waals surface area contributed by atoms with Gasteiger partial charge in [-0.1, -0.05) is 50.3 Å². The summed E-state index contributed by atoms with van der Waals surface area (Å²) in [6.45, 7) is 2.98. The molecular formula is C20H28O3S. The molecule has 2 aliphatic rings. The van der Waals surface area contributed by atoms with E-state index in [1.54, 1.807) is 11.8 Å². The second-order valence-corrected chi connectivity index (χ2v) is 8.55. The van der Waals surface area contributed by atoms with Crippen molar-refractivity contribution in [1.82, 2.24) is 0 Å². The monoisotopic (exact) mass is 348 g/mol. The maximum absolute atomic E-state index is 12.5. The Balaban J connectivity index is 1.46. The minimum Gasteiger partial charge on any atom is -0.462 e. The average molecular weight is 349 g/mol. The molecule has 0 bridgehead atoms. The molecular weight excluding hydrogens is 320 g/mol. The highest BCUT2D eigenvalue weighted by Gasteiger charge is 2.48. The van der Waals surface area contributed by atoms with Crippen LogP contribution in [0.15, 0.2) is 35.2 Å². The van der Waals surface area contributed by atoms with E-state index in [9.17, 15) is 4.79 Å². The summed E-state index contributed by atoms with van der Waals surface area (Å²) in [7, 11) is 0. The molecule has 2 aliphatic heterocycles. The molecule has 4 heteroatoms. The number of rotatable bonds is 10. The Morgan fingerprint density at radius 3 is 2.50 bits per heavy atom. The van der Waals surface area contributed by atoms with Gasteiger partial charge in [0.25, 0.3) is 0 Å². The van der Waals surface area contributed by atoms with Crippen LogP contribution in [0.1, 0.15) is 58.3 Å². The zero-order chi connectivity index (χ0) is 16.8. The lowest BCUT2D eigenvalue weighted by Gasteiger charge is -2.24. The number of carbonyl (C=O) groups is 1. The van der Waals surface area contributed by atoms with Crippen molar-refractivity contribution in [2.24, 2.45) is 0 Å². The number of cyclic esters (lactones) is 1. The third kappa shape index (κ3) is 5.00. The zero-order valence-corrected chi connectivity index (χ0v) is 15.4. The molecule has 24 heavy (non-hydrogen) atoms. The van der Waals surface area contributed by atoms with Gasteiger partial charge >= 0.3 is 5.97 Å². The first-order valence-corrected chi connectivity index (χ1v) is 10.1. The lowest BCUT2D eigenvalue weighted by molar-refractivity contribution is -0.142. The van der Waals surface area contributed by atoms with Gasteiger partial charge in [0.2, 0.25) is 0 Å². The molecule has 2 heterocycles. The molecule has 0 aromatic heterocycles. The largest absolute Gasteiger partial charge is 0.462 e. The van der Waals surface area contributed by atoms with E-state index < -0.39 is 0 Å². The molecule has 2 fully saturated rings. The van der Waals surface area contributed by atoms with Crippen LogP contribution in [0, 0.1) is 0 Å². The van der Waals surface area contributed by atoms with Crippen LogP contribution in [0.5, 0.6) is 0 Å². The Bertz CT molecular complexity index is 529. The molecule has 0 spiro atoms. The summed E-state index contributed by atoms with van der Waals surface area (Å²) >= 11 is 1.70. The van der Waals surface area contributed by atoms with Gasteiger partial charge in [0.1, 0.15) is 10.9 Å². The fourth-order valence-corrected chi connectivity index (χ4v) is 4.92. The van der Waals surface area contributed by atoms with Crippen LogP contribution in [0.2, 0.25) is 0 Å². The number of epoxide rings is 1. The van der Waals surface area contributed by atoms with Crippen LogP contribution in [-0.4, -0.2) is 29.5 Å². The topological polar surface area (TPSA) is 38.8 Å². The minimum atomic E-state index is -0.386. The van der Waals surface area contributed by atoms with Gasteiger partial charge in [0.15, 0.2) is 0 Å². The number of hydrogen-bond acceptors (Lipinski definition) is 4. The Labute approximate surface area is 149 Å². The molecule has 132 valence electrons. The van der Waals surface area contributed by atoms with Crippen LogP contribution in [0.3, 0.4) is 0 Å². The zero-order valence-electron chi connectivity index (χ0n) is 14.5. The predicted molar refractivity (Wildman–Crippen MR) is 97.3 cm³/mol. The van der Waals surface area contributed by atoms with Gasteiger partial charge in [-0.15, -0.1) is 11.8 Å². The van der Waals surface area contributed by atoms with E-state index in [1.807, 2.05) is 25.1 Å². The van der Waals surface area contributed by atoms with Crippen molar-refractivity contribution >= 4 is 17.7 Å². The number of hydrogen-bond donors (Lipinski definition) is 0. The fourth-order valence-electron chi connectivity index (χ4n) is 3.48. The van der Waals surface area contributed by atoms with Crippen LogP contribution in [0.25, 0.3) is 0 Å². The Morgan fingerprint density at radius 2 is 1.83 bits per heavy atom. The number of carbonyl (C=O) groups excluding carboxylic acids is 1. The lowest BCUT2D eigenvalue weighted by Crippen LogP contribution is -2.30. The number of esters is 1. The summed E-state index contributed by atoms with van der Waals surface area (Å²) < 4.78 is 10.4. The van der Waals surface area contributed by atoms with Crippen molar-refractivity contribution in [2.75, 3.05) is 6.61 Å². The smallest absolute Gasteiger partial charge is 0.322 e. The Hall–Kier alpha value is -1.00. The van der Waals surface area contributed by atoms with Gasteiger partial charge in [-0.3, -0.25) is 4.79 Å². The van der Waals surface area contributed by atoms with Crippen molar-refractivity contribution in [1.29, 1.82) is 0 Å². The van der Waals surface area contributed by atoms with E-state index in [0.29, 0.717) is 6.10 Å². The van der Waals surface area contributed by atoms with Crippen molar-refractivity contribution in [3.05, 3.63) is 30.3 Å². The van der Waals surface area contributed by atoms with Gasteiger partial charge < -0.3 is 9.47 Å². The molecule has 1 aromatic rings. The van der Waals surface area contributed by atoms with Gasteiger partial charge in [0, 0.05) is 11.3 Å². The van der Waals surface area contributed by atoms with E-state index in [4.69, 9.17) is 9.47 Å². The van der Waals surface area contributed by atoms with Crippen molar-refractivity contribution in [3.8, 4) is 0 Å². The van der Waals surface area contributed by atoms with Crippen molar-refractivity contribution in [2.45, 2.75) is 80.1 Å². The molecule has 2 saturated heterocycles. The summed E-state index contributed by atoms with van der Waals surface area (Å²) in [6, 6.07) is 10.2. The van der Waals surface area contributed by atoms with Crippen LogP contribution < -0.4 is 0 Å². The fraction of sp³-hybridized carbons (Fsp3) is 0.650. The van der Waals surface area contributed by atoms with Gasteiger partial charge in [-0.2, -0.15) is 0 Å². The quantitative estimate of drug-likeness (QED) is 0.339. The standard InChI is InChI=1S/C20H28O3S/c1-16-14-20(19(21)23-16,24-18-11-7-5-8-12-18)13-9-4-2-3-6-10-17-15-22-17/h5,7-8,11-12,16-17H,2-4,6,9-10,13-15H2,1H3/t16-,17+,20-/m0/s1. The highest BCUT2D eigenvalue weighted by molar-refractivity contribution is 8.01. The molecule has 1 aromatic carbocycles. The molecule has 0 N–H and O–H groups in total. The molecule has 0 saturated carbocycles. The van der Waals surface area contributed by atoms with E-state index >= 15 is 0 Å². The maximum atomic E-state index is 12.5.